The number of rotatable bonds is 9. The molecule has 2 N–H and O–H groups in total. The molecule has 2 aromatic carbocycles. The molecule has 0 saturated carbocycles. The zero-order chi connectivity index (χ0) is 22.4. The van der Waals surface area contributed by atoms with Crippen molar-refractivity contribution in [2.24, 2.45) is 5.92 Å². The van der Waals surface area contributed by atoms with Gasteiger partial charge in [-0.15, -0.1) is 0 Å². The Hall–Kier alpha value is -3.61. The number of carbonyl (C=O) groups excluding carboxylic acids is 2. The molecule has 0 aliphatic heterocycles. The third kappa shape index (κ3) is 5.12. The van der Waals surface area contributed by atoms with Crippen LogP contribution in [-0.4, -0.2) is 42.4 Å². The number of carboxylic acid groups (broad SMARTS) is 1. The molecule has 31 heavy (non-hydrogen) atoms. The van der Waals surface area contributed by atoms with Crippen LogP contribution in [0.15, 0.2) is 61.2 Å². The van der Waals surface area contributed by atoms with Crippen molar-refractivity contribution in [3.05, 3.63) is 72.3 Å². The van der Waals surface area contributed by atoms with Crippen LogP contribution in [0.4, 0.5) is 4.79 Å². The van der Waals surface area contributed by atoms with Crippen molar-refractivity contribution in [3.8, 4) is 11.1 Å². The van der Waals surface area contributed by atoms with Gasteiger partial charge in [0.1, 0.15) is 19.3 Å². The molecule has 0 spiro atoms. The van der Waals surface area contributed by atoms with Crippen LogP contribution in [0, 0.1) is 5.92 Å². The Labute approximate surface area is 180 Å². The molecule has 0 saturated heterocycles. The maximum Gasteiger partial charge on any atom is 0.407 e. The van der Waals surface area contributed by atoms with Crippen LogP contribution < -0.4 is 5.32 Å². The molecule has 3 rings (SSSR count). The van der Waals surface area contributed by atoms with Crippen molar-refractivity contribution in [2.45, 2.75) is 25.3 Å². The Morgan fingerprint density at radius 2 is 1.65 bits per heavy atom. The summed E-state index contributed by atoms with van der Waals surface area (Å²) in [6, 6.07) is 14.8. The molecule has 1 aliphatic rings. The highest BCUT2D eigenvalue weighted by molar-refractivity contribution is 5.83. The van der Waals surface area contributed by atoms with Crippen LogP contribution in [0.1, 0.15) is 30.4 Å². The second kappa shape index (κ2) is 9.93. The van der Waals surface area contributed by atoms with Gasteiger partial charge in [-0.1, -0.05) is 68.1 Å². The number of amides is 1. The van der Waals surface area contributed by atoms with Crippen LogP contribution in [-0.2, 0) is 19.1 Å². The Bertz CT molecular complexity index is 940. The summed E-state index contributed by atoms with van der Waals surface area (Å²) in [7, 11) is 0. The van der Waals surface area contributed by atoms with Gasteiger partial charge in [0.2, 0.25) is 0 Å². The fourth-order valence-corrected chi connectivity index (χ4v) is 3.82. The summed E-state index contributed by atoms with van der Waals surface area (Å²) in [5.41, 5.74) is 4.34. The van der Waals surface area contributed by atoms with Crippen LogP contribution in [0.5, 0.6) is 0 Å². The minimum absolute atomic E-state index is 0.0402. The van der Waals surface area contributed by atoms with Crippen molar-refractivity contribution in [1.29, 1.82) is 0 Å². The number of esters is 1. The van der Waals surface area contributed by atoms with E-state index in [2.05, 4.69) is 11.9 Å². The summed E-state index contributed by atoms with van der Waals surface area (Å²) in [6.07, 6.45) is 0.279. The number of carbonyl (C=O) groups is 3. The molecule has 2 aromatic rings. The average Bonchev–Trinajstić information content (AvgIpc) is 3.07. The number of alkyl carbamates (subject to hydrolysis) is 1. The number of carboxylic acids is 1. The van der Waals surface area contributed by atoms with Crippen LogP contribution in [0.3, 0.4) is 0 Å². The van der Waals surface area contributed by atoms with E-state index >= 15 is 0 Å². The molecular formula is C24H25NO6. The van der Waals surface area contributed by atoms with Crippen LogP contribution in [0.25, 0.3) is 11.1 Å². The first-order valence-electron chi connectivity index (χ1n) is 10.0. The minimum Gasteiger partial charge on any atom is -0.481 e. The number of aliphatic carboxylic acids is 1. The third-order valence-electron chi connectivity index (χ3n) is 5.28. The van der Waals surface area contributed by atoms with E-state index in [9.17, 15) is 14.4 Å². The summed E-state index contributed by atoms with van der Waals surface area (Å²) in [6.45, 7) is 5.07. The van der Waals surface area contributed by atoms with E-state index < -0.39 is 30.0 Å². The van der Waals surface area contributed by atoms with Crippen molar-refractivity contribution < 1.29 is 29.0 Å². The molecule has 0 aromatic heterocycles. The Balaban J connectivity index is 1.69. The van der Waals surface area contributed by atoms with Gasteiger partial charge < -0.3 is 19.9 Å². The summed E-state index contributed by atoms with van der Waals surface area (Å²) >= 11 is 0. The minimum atomic E-state index is -1.15. The zero-order valence-corrected chi connectivity index (χ0v) is 17.2. The molecular weight excluding hydrogens is 398 g/mol. The monoisotopic (exact) mass is 423 g/mol. The zero-order valence-electron chi connectivity index (χ0n) is 17.2. The van der Waals surface area contributed by atoms with Crippen LogP contribution in [0.2, 0.25) is 0 Å². The highest BCUT2D eigenvalue weighted by atomic mass is 16.6. The second-order valence-electron chi connectivity index (χ2n) is 7.44. The topological polar surface area (TPSA) is 102 Å². The molecule has 0 radical (unpaired) electrons. The lowest BCUT2D eigenvalue weighted by atomic mass is 9.98. The van der Waals surface area contributed by atoms with E-state index in [0.29, 0.717) is 0 Å². The van der Waals surface area contributed by atoms with Gasteiger partial charge in [0.05, 0.1) is 6.42 Å². The summed E-state index contributed by atoms with van der Waals surface area (Å²) in [5, 5.41) is 11.5. The average molecular weight is 423 g/mol. The summed E-state index contributed by atoms with van der Waals surface area (Å²) < 4.78 is 10.5. The summed E-state index contributed by atoms with van der Waals surface area (Å²) in [4.78, 5) is 35.9. The first-order chi connectivity index (χ1) is 14.9. The van der Waals surface area contributed by atoms with Gasteiger partial charge in [0.25, 0.3) is 0 Å². The maximum atomic E-state index is 12.5. The lowest BCUT2D eigenvalue weighted by molar-refractivity contribution is -0.147. The van der Waals surface area contributed by atoms with Crippen LogP contribution >= 0.6 is 0 Å². The highest BCUT2D eigenvalue weighted by Crippen LogP contribution is 2.44. The first-order valence-corrected chi connectivity index (χ1v) is 10.0. The van der Waals surface area contributed by atoms with E-state index in [-0.39, 0.29) is 25.6 Å². The molecule has 7 nitrogen and oxygen atoms in total. The molecule has 1 unspecified atom stereocenters. The Morgan fingerprint density at radius 3 is 2.19 bits per heavy atom. The van der Waals surface area contributed by atoms with Crippen molar-refractivity contribution in [2.75, 3.05) is 13.2 Å². The van der Waals surface area contributed by atoms with Gasteiger partial charge in [-0.2, -0.15) is 0 Å². The first kappa shape index (κ1) is 22.1. The number of nitrogens with one attached hydrogen (secondary N) is 1. The molecule has 2 atom stereocenters. The molecule has 1 aliphatic carbocycles. The van der Waals surface area contributed by atoms with Gasteiger partial charge >= 0.3 is 18.0 Å². The van der Waals surface area contributed by atoms with Gasteiger partial charge in [-0.25, -0.2) is 9.59 Å². The number of ether oxygens (including phenoxy) is 2. The Kier molecular flexibility index (Phi) is 7.07. The lowest BCUT2D eigenvalue weighted by Crippen LogP contribution is -2.47. The maximum absolute atomic E-state index is 12.5. The third-order valence-corrected chi connectivity index (χ3v) is 5.28. The number of hydrogen-bond donors (Lipinski definition) is 2. The van der Waals surface area contributed by atoms with Crippen molar-refractivity contribution in [3.63, 3.8) is 0 Å². The van der Waals surface area contributed by atoms with E-state index in [1.54, 1.807) is 6.92 Å². The molecule has 7 heteroatoms. The van der Waals surface area contributed by atoms with E-state index in [0.717, 1.165) is 22.3 Å². The fourth-order valence-electron chi connectivity index (χ4n) is 3.82. The van der Waals surface area contributed by atoms with Gasteiger partial charge in [0.15, 0.2) is 0 Å². The normalized spacial score (nSPS) is 14.0. The van der Waals surface area contributed by atoms with Gasteiger partial charge in [-0.3, -0.25) is 4.79 Å². The molecule has 1 amide bonds. The van der Waals surface area contributed by atoms with E-state index in [1.165, 1.54) is 6.08 Å². The quantitative estimate of drug-likeness (QED) is 0.471. The largest absolute Gasteiger partial charge is 0.481 e. The predicted molar refractivity (Wildman–Crippen MR) is 115 cm³/mol. The molecule has 0 fully saturated rings. The van der Waals surface area contributed by atoms with Gasteiger partial charge in [-0.05, 0) is 28.2 Å². The van der Waals surface area contributed by atoms with Crippen molar-refractivity contribution >= 4 is 18.0 Å². The second-order valence-corrected chi connectivity index (χ2v) is 7.44. The lowest BCUT2D eigenvalue weighted by Gasteiger charge is -2.22. The smallest absolute Gasteiger partial charge is 0.407 e. The van der Waals surface area contributed by atoms with E-state index in [1.807, 2.05) is 48.5 Å². The standard InChI is InChI=1S/C24H25NO6/c1-3-12-30-23(28)22(15(2)13-21(26)27)25-24(29)31-14-20-18-10-6-4-8-16(18)17-9-5-7-11-19(17)20/h3-11,15,20,22H,1,12-14H2,2H3,(H,25,29)(H,26,27)/t15-,22?/m0/s1. The highest BCUT2D eigenvalue weighted by Gasteiger charge is 2.32. The predicted octanol–water partition coefficient (Wildman–Crippen LogP) is 3.73. The fraction of sp³-hybridized carbons (Fsp3) is 0.292. The molecule has 0 heterocycles. The molecule has 0 bridgehead atoms. The SMILES string of the molecule is C=CCOC(=O)C(NC(=O)OCC1c2ccccc2-c2ccccc21)[C@@H](C)CC(=O)O. The molecule has 162 valence electrons. The van der Waals surface area contributed by atoms with E-state index in [4.69, 9.17) is 14.6 Å². The van der Waals surface area contributed by atoms with Gasteiger partial charge in [0, 0.05) is 5.92 Å². The number of benzene rings is 2. The van der Waals surface area contributed by atoms with Crippen molar-refractivity contribution in [1.82, 2.24) is 5.32 Å². The number of fused-ring (bicyclic) bond motifs is 3. The number of hydrogen-bond acceptors (Lipinski definition) is 5. The Morgan fingerprint density at radius 1 is 1.06 bits per heavy atom. The summed E-state index contributed by atoms with van der Waals surface area (Å²) in [5.74, 6) is -2.62.